The molecule has 0 aromatic rings. The van der Waals surface area contributed by atoms with Crippen molar-refractivity contribution in [3.63, 3.8) is 0 Å². The van der Waals surface area contributed by atoms with Crippen molar-refractivity contribution in [2.75, 3.05) is 19.6 Å². The summed E-state index contributed by atoms with van der Waals surface area (Å²) < 4.78 is 0. The maximum Gasteiger partial charge on any atom is 0.323 e. The normalized spacial score (nSPS) is 13.4. The summed E-state index contributed by atoms with van der Waals surface area (Å²) in [5, 5.41) is 11.9. The van der Waals surface area contributed by atoms with Crippen LogP contribution in [-0.4, -0.2) is 47.1 Å². The number of carboxylic acids is 1. The van der Waals surface area contributed by atoms with E-state index in [1.165, 1.54) is 0 Å². The molecule has 0 saturated carbocycles. The Morgan fingerprint density at radius 3 is 2.17 bits per heavy atom. The summed E-state index contributed by atoms with van der Waals surface area (Å²) in [4.78, 5) is 24.5. The molecule has 2 N–H and O–H groups in total. The fourth-order valence-corrected chi connectivity index (χ4v) is 1.32. The second-order valence-corrected chi connectivity index (χ2v) is 4.22. The van der Waals surface area contributed by atoms with Crippen molar-refractivity contribution >= 4 is 11.9 Å². The average Bonchev–Trinajstić information content (AvgIpc) is 2.35. The van der Waals surface area contributed by atoms with Crippen LogP contribution < -0.4 is 5.32 Å². The maximum absolute atomic E-state index is 11.9. The molecule has 5 heteroatoms. The molecule has 0 aliphatic heterocycles. The Labute approximate surface area is 108 Å². The van der Waals surface area contributed by atoms with Gasteiger partial charge in [0.25, 0.3) is 0 Å². The van der Waals surface area contributed by atoms with Crippen LogP contribution in [0.25, 0.3) is 0 Å². The molecule has 0 aromatic carbocycles. The van der Waals surface area contributed by atoms with Crippen LogP contribution in [0.15, 0.2) is 25.3 Å². The minimum absolute atomic E-state index is 0.0156. The smallest absolute Gasteiger partial charge is 0.323 e. The van der Waals surface area contributed by atoms with Gasteiger partial charge >= 0.3 is 5.97 Å². The summed E-state index contributed by atoms with van der Waals surface area (Å²) in [6.07, 6.45) is 3.65. The van der Waals surface area contributed by atoms with Crippen LogP contribution >= 0.6 is 0 Å². The van der Waals surface area contributed by atoms with Crippen molar-refractivity contribution in [2.24, 2.45) is 0 Å². The third kappa shape index (κ3) is 4.71. The Morgan fingerprint density at radius 1 is 1.33 bits per heavy atom. The zero-order valence-electron chi connectivity index (χ0n) is 11.1. The van der Waals surface area contributed by atoms with E-state index in [2.05, 4.69) is 18.5 Å². The first-order chi connectivity index (χ1) is 8.41. The molecule has 5 nitrogen and oxygen atoms in total. The molecule has 1 unspecified atom stereocenters. The molecule has 0 rings (SSSR count). The van der Waals surface area contributed by atoms with Gasteiger partial charge in [-0.1, -0.05) is 19.1 Å². The molecule has 0 aliphatic rings. The largest absolute Gasteiger partial charge is 0.480 e. The fourth-order valence-electron chi connectivity index (χ4n) is 1.32. The quantitative estimate of drug-likeness (QED) is 0.603. The lowest BCUT2D eigenvalue weighted by molar-refractivity contribution is -0.144. The van der Waals surface area contributed by atoms with E-state index in [4.69, 9.17) is 5.11 Å². The number of carbonyl (C=O) groups excluding carboxylic acids is 1. The lowest BCUT2D eigenvalue weighted by Gasteiger charge is -2.26. The number of amides is 1. The van der Waals surface area contributed by atoms with Crippen molar-refractivity contribution in [2.45, 2.75) is 25.8 Å². The van der Waals surface area contributed by atoms with Gasteiger partial charge < -0.3 is 10.0 Å². The highest BCUT2D eigenvalue weighted by atomic mass is 16.4. The van der Waals surface area contributed by atoms with E-state index < -0.39 is 11.5 Å². The Bertz CT molecular complexity index is 318. The second kappa shape index (κ2) is 7.66. The summed E-state index contributed by atoms with van der Waals surface area (Å²) in [6.45, 7) is 11.3. The Hall–Kier alpha value is -1.62. The van der Waals surface area contributed by atoms with Crippen LogP contribution in [0.3, 0.4) is 0 Å². The Kier molecular flexibility index (Phi) is 6.97. The van der Waals surface area contributed by atoms with Crippen LogP contribution in [0.2, 0.25) is 0 Å². The first-order valence-corrected chi connectivity index (χ1v) is 5.89. The van der Waals surface area contributed by atoms with Crippen LogP contribution in [0.4, 0.5) is 0 Å². The molecule has 0 saturated heterocycles. The van der Waals surface area contributed by atoms with Gasteiger partial charge in [0.05, 0.1) is 6.54 Å². The van der Waals surface area contributed by atoms with Gasteiger partial charge in [-0.05, 0) is 13.3 Å². The Balaban J connectivity index is 4.50. The molecule has 102 valence electrons. The standard InChI is InChI=1S/C13H22N2O3/c1-5-8-15(9-6-2)11(16)10-14-13(4,7-3)12(17)18/h5-6,14H,1-2,7-10H2,3-4H3,(H,17,18). The first-order valence-electron chi connectivity index (χ1n) is 5.89. The summed E-state index contributed by atoms with van der Waals surface area (Å²) in [6, 6.07) is 0. The van der Waals surface area contributed by atoms with E-state index in [9.17, 15) is 9.59 Å². The Morgan fingerprint density at radius 2 is 1.83 bits per heavy atom. The van der Waals surface area contributed by atoms with Gasteiger partial charge in [0.15, 0.2) is 0 Å². The number of aliphatic carboxylic acids is 1. The zero-order chi connectivity index (χ0) is 14.2. The summed E-state index contributed by atoms with van der Waals surface area (Å²) >= 11 is 0. The van der Waals surface area contributed by atoms with Gasteiger partial charge in [0, 0.05) is 13.1 Å². The predicted molar refractivity (Wildman–Crippen MR) is 71.3 cm³/mol. The van der Waals surface area contributed by atoms with E-state index >= 15 is 0 Å². The highest BCUT2D eigenvalue weighted by molar-refractivity contribution is 5.82. The molecule has 1 atom stereocenters. The van der Waals surface area contributed by atoms with Crippen LogP contribution in [0.5, 0.6) is 0 Å². The first kappa shape index (κ1) is 16.4. The zero-order valence-corrected chi connectivity index (χ0v) is 11.1. The molecule has 0 aromatic heterocycles. The molecule has 0 fully saturated rings. The highest BCUT2D eigenvalue weighted by Gasteiger charge is 2.31. The van der Waals surface area contributed by atoms with Crippen molar-refractivity contribution in [1.82, 2.24) is 10.2 Å². The number of carbonyl (C=O) groups is 2. The predicted octanol–water partition coefficient (Wildman–Crippen LogP) is 1.03. The molecule has 0 aliphatic carbocycles. The molecular formula is C13H22N2O3. The second-order valence-electron chi connectivity index (χ2n) is 4.22. The van der Waals surface area contributed by atoms with Crippen molar-refractivity contribution in [3.05, 3.63) is 25.3 Å². The summed E-state index contributed by atoms with van der Waals surface area (Å²) in [7, 11) is 0. The van der Waals surface area contributed by atoms with Gasteiger partial charge in [-0.15, -0.1) is 13.2 Å². The number of rotatable bonds is 9. The lowest BCUT2D eigenvalue weighted by Crippen LogP contribution is -2.52. The maximum atomic E-state index is 11.9. The summed E-state index contributed by atoms with van der Waals surface area (Å²) in [5.41, 5.74) is -1.08. The minimum atomic E-state index is -1.08. The number of carboxylic acid groups (broad SMARTS) is 1. The van der Waals surface area contributed by atoms with Crippen LogP contribution in [0.1, 0.15) is 20.3 Å². The van der Waals surface area contributed by atoms with E-state index in [1.54, 1.807) is 30.9 Å². The number of nitrogens with zero attached hydrogens (tertiary/aromatic N) is 1. The van der Waals surface area contributed by atoms with Gasteiger partial charge in [0.2, 0.25) is 5.91 Å². The van der Waals surface area contributed by atoms with Gasteiger partial charge in [-0.3, -0.25) is 14.9 Å². The molecule has 18 heavy (non-hydrogen) atoms. The van der Waals surface area contributed by atoms with E-state index in [-0.39, 0.29) is 12.5 Å². The third-order valence-electron chi connectivity index (χ3n) is 2.86. The van der Waals surface area contributed by atoms with E-state index in [0.717, 1.165) is 0 Å². The van der Waals surface area contributed by atoms with Crippen LogP contribution in [-0.2, 0) is 9.59 Å². The molecular weight excluding hydrogens is 232 g/mol. The van der Waals surface area contributed by atoms with Crippen molar-refractivity contribution in [1.29, 1.82) is 0 Å². The fraction of sp³-hybridized carbons (Fsp3) is 0.538. The summed E-state index contributed by atoms with van der Waals surface area (Å²) in [5.74, 6) is -1.13. The average molecular weight is 254 g/mol. The molecule has 1 amide bonds. The third-order valence-corrected chi connectivity index (χ3v) is 2.86. The topological polar surface area (TPSA) is 69.6 Å². The molecule has 0 radical (unpaired) electrons. The molecule has 0 bridgehead atoms. The van der Waals surface area contributed by atoms with E-state index in [1.807, 2.05) is 0 Å². The molecule has 0 spiro atoms. The number of nitrogens with one attached hydrogen (secondary N) is 1. The van der Waals surface area contributed by atoms with Gasteiger partial charge in [-0.2, -0.15) is 0 Å². The van der Waals surface area contributed by atoms with Gasteiger partial charge in [0.1, 0.15) is 5.54 Å². The van der Waals surface area contributed by atoms with Crippen LogP contribution in [0, 0.1) is 0 Å². The van der Waals surface area contributed by atoms with Crippen molar-refractivity contribution in [3.8, 4) is 0 Å². The monoisotopic (exact) mass is 254 g/mol. The van der Waals surface area contributed by atoms with Gasteiger partial charge in [-0.25, -0.2) is 0 Å². The SMILES string of the molecule is C=CCN(CC=C)C(=O)CNC(C)(CC)C(=O)O. The highest BCUT2D eigenvalue weighted by Crippen LogP contribution is 2.08. The number of hydrogen-bond donors (Lipinski definition) is 2. The number of hydrogen-bond acceptors (Lipinski definition) is 3. The lowest BCUT2D eigenvalue weighted by atomic mass is 9.99. The minimum Gasteiger partial charge on any atom is -0.480 e. The molecule has 0 heterocycles. The van der Waals surface area contributed by atoms with E-state index in [0.29, 0.717) is 19.5 Å². The van der Waals surface area contributed by atoms with Crippen molar-refractivity contribution < 1.29 is 14.7 Å².